The van der Waals surface area contributed by atoms with E-state index in [1.165, 1.54) is 12.0 Å². The Morgan fingerprint density at radius 3 is 2.17 bits per heavy atom. The van der Waals surface area contributed by atoms with E-state index >= 15 is 0 Å². The number of ether oxygens (including phenoxy) is 3. The minimum Gasteiger partial charge on any atom is -0.491 e. The molecule has 13 heteroatoms. The highest BCUT2D eigenvalue weighted by molar-refractivity contribution is 6.35. The minimum atomic E-state index is -1.15. The average Bonchev–Trinajstić information content (AvgIpc) is 3.82. The number of hydrogen-bond acceptors (Lipinski definition) is 8. The fraction of sp³-hybridized carbons (Fsp3) is 0.364. The van der Waals surface area contributed by atoms with Crippen LogP contribution in [0.4, 0.5) is 21.9 Å². The van der Waals surface area contributed by atoms with Gasteiger partial charge >= 0.3 is 6.03 Å². The number of rotatable bonds is 9. The van der Waals surface area contributed by atoms with Crippen LogP contribution < -0.4 is 19.4 Å². The van der Waals surface area contributed by atoms with E-state index in [4.69, 9.17) is 37.4 Å². The predicted octanol–water partition coefficient (Wildman–Crippen LogP) is 5.13. The molecule has 46 heavy (non-hydrogen) atoms. The SMILES string of the molecule is CN1CCN(c2ccc(N3CCN(c4ccc(OC[C@@H]5CO[C@@](Cn6cncn6)(c6ccc(Cl)cc6Cl)O5)cc4)CC3)cc2)C1=O. The first-order valence-corrected chi connectivity index (χ1v) is 16.1. The van der Waals surface area contributed by atoms with Gasteiger partial charge in [-0.1, -0.05) is 29.3 Å². The Morgan fingerprint density at radius 2 is 1.57 bits per heavy atom. The van der Waals surface area contributed by atoms with Crippen LogP contribution in [0.5, 0.6) is 5.75 Å². The minimum absolute atomic E-state index is 0.0552. The zero-order valence-electron chi connectivity index (χ0n) is 25.5. The maximum Gasteiger partial charge on any atom is 0.324 e. The molecule has 3 aliphatic heterocycles. The van der Waals surface area contributed by atoms with E-state index in [0.29, 0.717) is 28.8 Å². The van der Waals surface area contributed by atoms with Crippen LogP contribution in [-0.4, -0.2) is 91.3 Å². The second-order valence-electron chi connectivity index (χ2n) is 11.7. The van der Waals surface area contributed by atoms with Gasteiger partial charge in [0.25, 0.3) is 0 Å². The van der Waals surface area contributed by atoms with Gasteiger partial charge < -0.3 is 28.9 Å². The number of carbonyl (C=O) groups is 1. The largest absolute Gasteiger partial charge is 0.491 e. The second-order valence-corrected chi connectivity index (χ2v) is 12.5. The molecule has 2 amide bonds. The molecule has 3 fully saturated rings. The first-order chi connectivity index (χ1) is 22.4. The summed E-state index contributed by atoms with van der Waals surface area (Å²) in [6.45, 7) is 6.03. The van der Waals surface area contributed by atoms with Gasteiger partial charge in [-0.25, -0.2) is 14.5 Å². The van der Waals surface area contributed by atoms with Gasteiger partial charge in [0.2, 0.25) is 5.79 Å². The van der Waals surface area contributed by atoms with Crippen LogP contribution in [0.15, 0.2) is 79.4 Å². The van der Waals surface area contributed by atoms with E-state index in [1.54, 1.807) is 28.0 Å². The number of hydrogen-bond donors (Lipinski definition) is 0. The van der Waals surface area contributed by atoms with E-state index in [1.807, 2.05) is 42.3 Å². The van der Waals surface area contributed by atoms with Gasteiger partial charge in [0.15, 0.2) is 0 Å². The summed E-state index contributed by atoms with van der Waals surface area (Å²) in [6.07, 6.45) is 2.75. The van der Waals surface area contributed by atoms with Crippen molar-refractivity contribution < 1.29 is 19.0 Å². The topological polar surface area (TPSA) is 88.4 Å². The molecular formula is C33H35Cl2N7O4. The Kier molecular flexibility index (Phi) is 8.65. The van der Waals surface area contributed by atoms with Crippen LogP contribution in [0, 0.1) is 0 Å². The molecule has 2 atom stereocenters. The van der Waals surface area contributed by atoms with Crippen molar-refractivity contribution in [2.24, 2.45) is 0 Å². The van der Waals surface area contributed by atoms with E-state index in [2.05, 4.69) is 44.1 Å². The van der Waals surface area contributed by atoms with Gasteiger partial charge in [-0.15, -0.1) is 0 Å². The maximum absolute atomic E-state index is 12.3. The van der Waals surface area contributed by atoms with Gasteiger partial charge in [0.05, 0.1) is 11.6 Å². The number of benzene rings is 3. The molecular weight excluding hydrogens is 629 g/mol. The lowest BCUT2D eigenvalue weighted by molar-refractivity contribution is -0.190. The number of halogens is 2. The van der Waals surface area contributed by atoms with E-state index in [9.17, 15) is 4.79 Å². The van der Waals surface area contributed by atoms with Crippen molar-refractivity contribution in [2.75, 3.05) is 74.2 Å². The summed E-state index contributed by atoms with van der Waals surface area (Å²) in [6, 6.07) is 21.8. The van der Waals surface area contributed by atoms with E-state index in [-0.39, 0.29) is 18.7 Å². The molecule has 7 rings (SSSR count). The van der Waals surface area contributed by atoms with Crippen LogP contribution in [0.1, 0.15) is 5.56 Å². The van der Waals surface area contributed by atoms with Gasteiger partial charge in [-0.05, 0) is 60.7 Å². The number of piperazine rings is 1. The number of amides is 2. The Balaban J connectivity index is 0.923. The molecule has 0 saturated carbocycles. The standard InChI is InChI=1S/C33H35Cl2N7O4/c1-38-12-17-42(32(38)43)27-5-3-25(4-6-27)39-13-15-40(16-14-39)26-7-9-28(10-8-26)44-19-29-20-45-33(46-29,21-41-23-36-22-37-41)30-11-2-24(34)18-31(30)35/h2-11,18,22-23,29H,12-17,19-21H2,1H3/t29-,33-/m1/s1. The number of carbonyl (C=O) groups excluding carboxylic acids is 1. The molecule has 0 bridgehead atoms. The average molecular weight is 665 g/mol. The number of anilines is 3. The molecule has 4 heterocycles. The van der Waals surface area contributed by atoms with Crippen molar-refractivity contribution in [1.29, 1.82) is 0 Å². The van der Waals surface area contributed by atoms with E-state index < -0.39 is 5.79 Å². The molecule has 11 nitrogen and oxygen atoms in total. The molecule has 3 saturated heterocycles. The highest BCUT2D eigenvalue weighted by Crippen LogP contribution is 2.40. The molecule has 0 spiro atoms. The van der Waals surface area contributed by atoms with Crippen LogP contribution >= 0.6 is 23.2 Å². The number of nitrogens with zero attached hydrogens (tertiary/aromatic N) is 7. The zero-order valence-corrected chi connectivity index (χ0v) is 27.0. The van der Waals surface area contributed by atoms with Crippen molar-refractivity contribution in [3.63, 3.8) is 0 Å². The van der Waals surface area contributed by atoms with Gasteiger partial charge in [0, 0.05) is 74.0 Å². The van der Waals surface area contributed by atoms with Crippen molar-refractivity contribution in [3.8, 4) is 5.75 Å². The van der Waals surface area contributed by atoms with Crippen molar-refractivity contribution in [1.82, 2.24) is 19.7 Å². The lowest BCUT2D eigenvalue weighted by Crippen LogP contribution is -2.46. The third-order valence-electron chi connectivity index (χ3n) is 8.70. The highest BCUT2D eigenvalue weighted by atomic mass is 35.5. The molecule has 3 aromatic carbocycles. The molecule has 240 valence electrons. The summed E-state index contributed by atoms with van der Waals surface area (Å²) in [4.78, 5) is 24.7. The maximum atomic E-state index is 12.3. The summed E-state index contributed by atoms with van der Waals surface area (Å²) >= 11 is 12.7. The quantitative estimate of drug-likeness (QED) is 0.244. The molecule has 1 aromatic heterocycles. The highest BCUT2D eigenvalue weighted by Gasteiger charge is 2.45. The number of likely N-dealkylation sites (N-methyl/N-ethyl adjacent to an activating group) is 1. The molecule has 0 unspecified atom stereocenters. The summed E-state index contributed by atoms with van der Waals surface area (Å²) in [7, 11) is 1.84. The zero-order chi connectivity index (χ0) is 31.7. The fourth-order valence-electron chi connectivity index (χ4n) is 6.18. The Hall–Kier alpha value is -4.03. The van der Waals surface area contributed by atoms with Crippen LogP contribution in [0.25, 0.3) is 0 Å². The second kappa shape index (κ2) is 13.0. The smallest absolute Gasteiger partial charge is 0.324 e. The van der Waals surface area contributed by atoms with Crippen molar-refractivity contribution in [3.05, 3.63) is 95.0 Å². The summed E-state index contributed by atoms with van der Waals surface area (Å²) < 4.78 is 20.5. The summed E-state index contributed by atoms with van der Waals surface area (Å²) in [5, 5.41) is 5.21. The molecule has 0 N–H and O–H groups in total. The normalized spacial score (nSPS) is 21.8. The monoisotopic (exact) mass is 663 g/mol. The van der Waals surface area contributed by atoms with Crippen LogP contribution in [0.2, 0.25) is 10.0 Å². The molecule has 0 radical (unpaired) electrons. The lowest BCUT2D eigenvalue weighted by Gasteiger charge is -2.37. The van der Waals surface area contributed by atoms with Gasteiger partial charge in [0.1, 0.15) is 37.7 Å². The molecule has 4 aromatic rings. The fourth-order valence-corrected chi connectivity index (χ4v) is 6.73. The lowest BCUT2D eigenvalue weighted by atomic mass is 10.1. The van der Waals surface area contributed by atoms with Crippen LogP contribution in [-0.2, 0) is 21.8 Å². The number of urea groups is 1. The van der Waals surface area contributed by atoms with Crippen molar-refractivity contribution >= 4 is 46.3 Å². The molecule has 3 aliphatic rings. The van der Waals surface area contributed by atoms with Gasteiger partial charge in [-0.3, -0.25) is 4.90 Å². The summed E-state index contributed by atoms with van der Waals surface area (Å²) in [5.74, 6) is -0.395. The van der Waals surface area contributed by atoms with E-state index in [0.717, 1.165) is 56.4 Å². The first kappa shape index (κ1) is 30.6. The Morgan fingerprint density at radius 1 is 0.891 bits per heavy atom. The van der Waals surface area contributed by atoms with Crippen molar-refractivity contribution in [2.45, 2.75) is 18.4 Å². The predicted molar refractivity (Wildman–Crippen MR) is 177 cm³/mol. The third kappa shape index (κ3) is 6.32. The molecule has 0 aliphatic carbocycles. The number of aromatic nitrogens is 3. The van der Waals surface area contributed by atoms with Gasteiger partial charge in [-0.2, -0.15) is 5.10 Å². The first-order valence-electron chi connectivity index (χ1n) is 15.3. The Bertz CT molecular complexity index is 1650. The summed E-state index contributed by atoms with van der Waals surface area (Å²) in [5.41, 5.74) is 3.95. The third-order valence-corrected chi connectivity index (χ3v) is 9.25. The van der Waals surface area contributed by atoms with Crippen LogP contribution in [0.3, 0.4) is 0 Å². The Labute approximate surface area is 277 Å².